The third-order valence-corrected chi connectivity index (χ3v) is 4.50. The Morgan fingerprint density at radius 3 is 3.10 bits per heavy atom. The van der Waals surface area contributed by atoms with Crippen molar-refractivity contribution in [3.63, 3.8) is 0 Å². The number of nitrogens with one attached hydrogen (secondary N) is 2. The molecule has 6 nitrogen and oxygen atoms in total. The Kier molecular flexibility index (Phi) is 2.69. The van der Waals surface area contributed by atoms with Gasteiger partial charge in [-0.15, -0.1) is 0 Å². The van der Waals surface area contributed by atoms with Gasteiger partial charge >= 0.3 is 0 Å². The molecule has 4 rings (SSSR count). The second-order valence-corrected chi connectivity index (χ2v) is 5.76. The van der Waals surface area contributed by atoms with Crippen molar-refractivity contribution in [2.75, 3.05) is 0 Å². The number of amides is 1. The molecule has 2 fully saturated rings. The SMILES string of the molecule is N#Cc1ccc2cnc(C(=O)N[C@@H]3C[C@H]4CC[C@@H]3N4)cn12. The molecule has 0 spiro atoms. The lowest BCUT2D eigenvalue weighted by Crippen LogP contribution is -2.43. The predicted molar refractivity (Wildman–Crippen MR) is 75.7 cm³/mol. The van der Waals surface area contributed by atoms with Crippen LogP contribution in [-0.4, -0.2) is 33.4 Å². The highest BCUT2D eigenvalue weighted by atomic mass is 16.2. The van der Waals surface area contributed by atoms with Gasteiger partial charge in [-0.3, -0.25) is 4.79 Å². The fourth-order valence-corrected chi connectivity index (χ4v) is 3.44. The highest BCUT2D eigenvalue weighted by molar-refractivity contribution is 5.92. The number of fused-ring (bicyclic) bond motifs is 3. The summed E-state index contributed by atoms with van der Waals surface area (Å²) >= 11 is 0. The van der Waals surface area contributed by atoms with Crippen LogP contribution in [0.25, 0.3) is 5.52 Å². The van der Waals surface area contributed by atoms with Crippen LogP contribution in [0.15, 0.2) is 24.5 Å². The molecule has 0 radical (unpaired) electrons. The summed E-state index contributed by atoms with van der Waals surface area (Å²) in [7, 11) is 0. The van der Waals surface area contributed by atoms with Crippen molar-refractivity contribution >= 4 is 11.4 Å². The summed E-state index contributed by atoms with van der Waals surface area (Å²) in [5, 5.41) is 15.6. The minimum Gasteiger partial charge on any atom is -0.346 e. The van der Waals surface area contributed by atoms with E-state index in [-0.39, 0.29) is 11.9 Å². The van der Waals surface area contributed by atoms with E-state index >= 15 is 0 Å². The Bertz CT molecular complexity index is 759. The maximum absolute atomic E-state index is 12.3. The minimum absolute atomic E-state index is 0.172. The van der Waals surface area contributed by atoms with Crippen molar-refractivity contribution in [3.05, 3.63) is 35.9 Å². The summed E-state index contributed by atoms with van der Waals surface area (Å²) in [5.41, 5.74) is 1.66. The number of hydrogen-bond donors (Lipinski definition) is 2. The Morgan fingerprint density at radius 2 is 2.38 bits per heavy atom. The molecule has 6 heteroatoms. The fourth-order valence-electron chi connectivity index (χ4n) is 3.44. The Morgan fingerprint density at radius 1 is 1.48 bits per heavy atom. The van der Waals surface area contributed by atoms with Gasteiger partial charge in [-0.25, -0.2) is 4.98 Å². The zero-order chi connectivity index (χ0) is 14.4. The van der Waals surface area contributed by atoms with Crippen LogP contribution in [-0.2, 0) is 0 Å². The van der Waals surface area contributed by atoms with Crippen LogP contribution in [0.4, 0.5) is 0 Å². The van der Waals surface area contributed by atoms with E-state index in [1.54, 1.807) is 22.9 Å². The summed E-state index contributed by atoms with van der Waals surface area (Å²) in [5.74, 6) is -0.172. The van der Waals surface area contributed by atoms with Crippen molar-refractivity contribution < 1.29 is 4.79 Å². The minimum atomic E-state index is -0.172. The van der Waals surface area contributed by atoms with Gasteiger partial charge in [0.05, 0.1) is 11.7 Å². The number of aromatic nitrogens is 2. The Balaban J connectivity index is 1.58. The number of nitriles is 1. The lowest BCUT2D eigenvalue weighted by atomic mass is 9.95. The molecule has 2 bridgehead atoms. The number of carbonyl (C=O) groups is 1. The van der Waals surface area contributed by atoms with Crippen LogP contribution in [0.2, 0.25) is 0 Å². The molecule has 1 amide bonds. The third kappa shape index (κ3) is 1.98. The molecule has 106 valence electrons. The summed E-state index contributed by atoms with van der Waals surface area (Å²) in [6, 6.07) is 6.77. The van der Waals surface area contributed by atoms with Crippen LogP contribution in [0, 0.1) is 11.3 Å². The van der Waals surface area contributed by atoms with Gasteiger partial charge in [0.1, 0.15) is 17.5 Å². The zero-order valence-electron chi connectivity index (χ0n) is 11.4. The molecule has 2 aromatic heterocycles. The first-order chi connectivity index (χ1) is 10.2. The van der Waals surface area contributed by atoms with Crippen LogP contribution in [0.3, 0.4) is 0 Å². The van der Waals surface area contributed by atoms with Gasteiger partial charge in [0.2, 0.25) is 0 Å². The molecule has 0 aromatic carbocycles. The quantitative estimate of drug-likeness (QED) is 0.854. The average molecular weight is 281 g/mol. The van der Waals surface area contributed by atoms with Crippen LogP contribution in [0.1, 0.15) is 35.4 Å². The molecule has 3 atom stereocenters. The van der Waals surface area contributed by atoms with Crippen molar-refractivity contribution in [2.24, 2.45) is 0 Å². The van der Waals surface area contributed by atoms with E-state index in [1.165, 1.54) is 6.42 Å². The van der Waals surface area contributed by atoms with E-state index in [9.17, 15) is 4.79 Å². The van der Waals surface area contributed by atoms with Gasteiger partial charge in [0, 0.05) is 24.3 Å². The van der Waals surface area contributed by atoms with Crippen LogP contribution >= 0.6 is 0 Å². The molecule has 0 saturated carbocycles. The normalized spacial score (nSPS) is 26.9. The maximum Gasteiger partial charge on any atom is 0.271 e. The van der Waals surface area contributed by atoms with E-state index in [4.69, 9.17) is 5.26 Å². The monoisotopic (exact) mass is 281 g/mol. The fraction of sp³-hybridized carbons (Fsp3) is 0.400. The topological polar surface area (TPSA) is 82.2 Å². The van der Waals surface area contributed by atoms with Gasteiger partial charge in [0.15, 0.2) is 0 Å². The lowest BCUT2D eigenvalue weighted by Gasteiger charge is -2.21. The third-order valence-electron chi connectivity index (χ3n) is 4.50. The molecule has 0 unspecified atom stereocenters. The molecule has 2 N–H and O–H groups in total. The first kappa shape index (κ1) is 12.4. The molecule has 2 aromatic rings. The van der Waals surface area contributed by atoms with Gasteiger partial charge in [0.25, 0.3) is 5.91 Å². The van der Waals surface area contributed by atoms with Gasteiger partial charge in [-0.2, -0.15) is 5.26 Å². The number of hydrogen-bond acceptors (Lipinski definition) is 4. The van der Waals surface area contributed by atoms with E-state index in [0.717, 1.165) is 18.4 Å². The molecule has 4 heterocycles. The van der Waals surface area contributed by atoms with E-state index < -0.39 is 0 Å². The molecular formula is C15H15N5O. The van der Waals surface area contributed by atoms with Crippen molar-refractivity contribution in [3.8, 4) is 6.07 Å². The smallest absolute Gasteiger partial charge is 0.271 e. The largest absolute Gasteiger partial charge is 0.346 e. The lowest BCUT2D eigenvalue weighted by molar-refractivity contribution is 0.0925. The molecule has 2 saturated heterocycles. The van der Waals surface area contributed by atoms with Gasteiger partial charge in [-0.1, -0.05) is 0 Å². The second kappa shape index (κ2) is 4.57. The predicted octanol–water partition coefficient (Wildman–Crippen LogP) is 0.829. The first-order valence-corrected chi connectivity index (χ1v) is 7.19. The maximum atomic E-state index is 12.3. The summed E-state index contributed by atoms with van der Waals surface area (Å²) < 4.78 is 1.70. The number of carbonyl (C=O) groups excluding carboxylic acids is 1. The number of nitrogens with zero attached hydrogens (tertiary/aromatic N) is 3. The summed E-state index contributed by atoms with van der Waals surface area (Å²) in [4.78, 5) is 16.5. The van der Waals surface area contributed by atoms with Crippen molar-refractivity contribution in [1.82, 2.24) is 20.0 Å². The molecule has 2 aliphatic rings. The van der Waals surface area contributed by atoms with E-state index in [1.807, 2.05) is 6.07 Å². The second-order valence-electron chi connectivity index (χ2n) is 5.76. The summed E-state index contributed by atoms with van der Waals surface area (Å²) in [6.07, 6.45) is 6.57. The van der Waals surface area contributed by atoms with Crippen molar-refractivity contribution in [1.29, 1.82) is 5.26 Å². The van der Waals surface area contributed by atoms with Gasteiger partial charge in [-0.05, 0) is 31.4 Å². The van der Waals surface area contributed by atoms with E-state index in [0.29, 0.717) is 23.5 Å². The van der Waals surface area contributed by atoms with Gasteiger partial charge < -0.3 is 15.0 Å². The summed E-state index contributed by atoms with van der Waals surface area (Å²) in [6.45, 7) is 0. The highest BCUT2D eigenvalue weighted by Crippen LogP contribution is 2.28. The first-order valence-electron chi connectivity index (χ1n) is 7.19. The van der Waals surface area contributed by atoms with Crippen molar-refractivity contribution in [2.45, 2.75) is 37.4 Å². The molecule has 21 heavy (non-hydrogen) atoms. The molecular weight excluding hydrogens is 266 g/mol. The zero-order valence-corrected chi connectivity index (χ0v) is 11.4. The molecule has 0 aliphatic carbocycles. The van der Waals surface area contributed by atoms with Crippen LogP contribution < -0.4 is 10.6 Å². The van der Waals surface area contributed by atoms with E-state index in [2.05, 4.69) is 21.7 Å². The molecule has 2 aliphatic heterocycles. The standard InChI is InChI=1S/C15H15N5O/c16-6-10-2-3-11-7-17-14(8-20(10)11)15(21)19-13-5-9-1-4-12(13)18-9/h2-3,7-9,12-13,18H,1,4-5H2,(H,19,21)/t9-,12+,13-/m1/s1. The Hall–Kier alpha value is -2.39. The number of rotatable bonds is 2. The highest BCUT2D eigenvalue weighted by Gasteiger charge is 2.39. The van der Waals surface area contributed by atoms with Crippen LogP contribution in [0.5, 0.6) is 0 Å². The average Bonchev–Trinajstić information content (AvgIpc) is 3.21. The Labute approximate surface area is 121 Å².